The van der Waals surface area contributed by atoms with Crippen LogP contribution in [0, 0.1) is 0 Å². The van der Waals surface area contributed by atoms with Crippen molar-refractivity contribution >= 4 is 12.4 Å². The number of hydrogen-bond acceptors (Lipinski definition) is 4. The van der Waals surface area contributed by atoms with E-state index in [0.29, 0.717) is 12.2 Å². The molecule has 0 aromatic rings. The molecule has 2 fully saturated rings. The number of rotatable bonds is 6. The van der Waals surface area contributed by atoms with Crippen molar-refractivity contribution in [1.82, 2.24) is 10.2 Å². The smallest absolute Gasteiger partial charge is 0.0651 e. The van der Waals surface area contributed by atoms with Crippen LogP contribution in [0.2, 0.25) is 0 Å². The summed E-state index contributed by atoms with van der Waals surface area (Å²) in [5.74, 6) is 0. The number of allylic oxidation sites excluding steroid dienone is 2. The van der Waals surface area contributed by atoms with Crippen molar-refractivity contribution < 1.29 is 9.47 Å². The molecule has 2 aliphatic rings. The van der Waals surface area contributed by atoms with E-state index in [1.54, 1.807) is 0 Å². The van der Waals surface area contributed by atoms with Gasteiger partial charge < -0.3 is 19.7 Å². The lowest BCUT2D eigenvalue weighted by molar-refractivity contribution is 0.0279. The normalized spacial score (nSPS) is 20.8. The van der Waals surface area contributed by atoms with Crippen molar-refractivity contribution in [3.8, 4) is 0 Å². The average Bonchev–Trinajstić information content (AvgIpc) is 2.59. The molecule has 0 aliphatic carbocycles. The maximum absolute atomic E-state index is 5.66. The molecule has 0 unspecified atom stereocenters. The first-order valence-electron chi connectivity index (χ1n) is 9.11. The molecule has 24 heavy (non-hydrogen) atoms. The molecule has 0 radical (unpaired) electrons. The zero-order valence-electron chi connectivity index (χ0n) is 15.7. The van der Waals surface area contributed by atoms with Gasteiger partial charge >= 0.3 is 0 Å². The zero-order chi connectivity index (χ0) is 16.8. The second kappa shape index (κ2) is 16.1. The van der Waals surface area contributed by atoms with Gasteiger partial charge in [-0.3, -0.25) is 0 Å². The van der Waals surface area contributed by atoms with Gasteiger partial charge in [-0.1, -0.05) is 24.3 Å². The first kappa shape index (κ1) is 23.6. The fraction of sp³-hybridized carbons (Fsp3) is 0.789. The van der Waals surface area contributed by atoms with E-state index in [9.17, 15) is 0 Å². The lowest BCUT2D eigenvalue weighted by Crippen LogP contribution is -2.34. The number of hydrogen-bond donors (Lipinski definition) is 1. The quantitative estimate of drug-likeness (QED) is 0.736. The van der Waals surface area contributed by atoms with Crippen LogP contribution in [0.4, 0.5) is 0 Å². The summed E-state index contributed by atoms with van der Waals surface area (Å²) in [6.45, 7) is 10.2. The lowest BCUT2D eigenvalue weighted by atomic mass is 10.1. The number of likely N-dealkylation sites (tertiary alicyclic amines) is 1. The Labute approximate surface area is 155 Å². The molecule has 142 valence electrons. The standard InChI is InChI=1S/C10H19NO.C9H17NO.ClH/c1-3-4-9-12-10-5-7-11(2)8-6-10;1-2-3-8-11-9-4-6-10-7-5-9;/h3-4,10H,5-9H2,1-2H3;2-3,9-10H,4-8H2,1H3;1H/b4-3+;3-2+;. The van der Waals surface area contributed by atoms with Crippen molar-refractivity contribution in [1.29, 1.82) is 0 Å². The van der Waals surface area contributed by atoms with Crippen LogP contribution in [0.25, 0.3) is 0 Å². The van der Waals surface area contributed by atoms with Gasteiger partial charge in [0.2, 0.25) is 0 Å². The van der Waals surface area contributed by atoms with Crippen LogP contribution in [-0.4, -0.2) is 63.5 Å². The van der Waals surface area contributed by atoms with Gasteiger partial charge in [-0.25, -0.2) is 0 Å². The molecule has 2 heterocycles. The van der Waals surface area contributed by atoms with Crippen molar-refractivity contribution in [2.75, 3.05) is 46.4 Å². The van der Waals surface area contributed by atoms with Crippen LogP contribution in [0.5, 0.6) is 0 Å². The van der Waals surface area contributed by atoms with Gasteiger partial charge in [0.05, 0.1) is 25.4 Å². The maximum atomic E-state index is 5.66. The van der Waals surface area contributed by atoms with E-state index in [4.69, 9.17) is 9.47 Å². The van der Waals surface area contributed by atoms with E-state index in [1.807, 2.05) is 26.0 Å². The number of nitrogens with zero attached hydrogens (tertiary/aromatic N) is 1. The molecule has 4 nitrogen and oxygen atoms in total. The van der Waals surface area contributed by atoms with Gasteiger partial charge in [-0.15, -0.1) is 12.4 Å². The monoisotopic (exact) mass is 360 g/mol. The minimum Gasteiger partial charge on any atom is -0.374 e. The Kier molecular flexibility index (Phi) is 15.8. The Morgan fingerprint density at radius 1 is 0.875 bits per heavy atom. The number of ether oxygens (including phenoxy) is 2. The third kappa shape index (κ3) is 12.0. The van der Waals surface area contributed by atoms with E-state index >= 15 is 0 Å². The van der Waals surface area contributed by atoms with Crippen molar-refractivity contribution in [2.45, 2.75) is 51.7 Å². The van der Waals surface area contributed by atoms with Gasteiger partial charge in [-0.2, -0.15) is 0 Å². The summed E-state index contributed by atoms with van der Waals surface area (Å²) in [7, 11) is 2.17. The predicted molar refractivity (Wildman–Crippen MR) is 105 cm³/mol. The summed E-state index contributed by atoms with van der Waals surface area (Å²) in [5, 5.41) is 3.31. The molecule has 2 rings (SSSR count). The molecule has 2 saturated heterocycles. The van der Waals surface area contributed by atoms with E-state index in [1.165, 1.54) is 25.9 Å². The molecular weight excluding hydrogens is 324 g/mol. The molecular formula is C19H37ClN2O2. The van der Waals surface area contributed by atoms with Crippen LogP contribution in [-0.2, 0) is 9.47 Å². The number of nitrogens with one attached hydrogen (secondary N) is 1. The van der Waals surface area contributed by atoms with Crippen LogP contribution in [0.1, 0.15) is 39.5 Å². The molecule has 0 aromatic heterocycles. The molecule has 0 saturated carbocycles. The van der Waals surface area contributed by atoms with Crippen LogP contribution >= 0.6 is 12.4 Å². The maximum Gasteiger partial charge on any atom is 0.0651 e. The minimum atomic E-state index is 0. The number of piperidine rings is 2. The van der Waals surface area contributed by atoms with Gasteiger partial charge in [-0.05, 0) is 59.7 Å². The third-order valence-corrected chi connectivity index (χ3v) is 4.28. The zero-order valence-corrected chi connectivity index (χ0v) is 16.5. The van der Waals surface area contributed by atoms with Crippen molar-refractivity contribution in [2.24, 2.45) is 0 Å². The largest absolute Gasteiger partial charge is 0.374 e. The predicted octanol–water partition coefficient (Wildman–Crippen LogP) is 3.43. The van der Waals surface area contributed by atoms with Gasteiger partial charge in [0.1, 0.15) is 0 Å². The summed E-state index contributed by atoms with van der Waals surface area (Å²) in [4.78, 5) is 2.36. The average molecular weight is 361 g/mol. The number of halogens is 1. The molecule has 0 aromatic carbocycles. The summed E-state index contributed by atoms with van der Waals surface area (Å²) >= 11 is 0. The van der Waals surface area contributed by atoms with Crippen LogP contribution in [0.15, 0.2) is 24.3 Å². The van der Waals surface area contributed by atoms with Gasteiger partial charge in [0, 0.05) is 13.1 Å². The Bertz CT molecular complexity index is 323. The lowest BCUT2D eigenvalue weighted by Gasteiger charge is -2.28. The van der Waals surface area contributed by atoms with Crippen LogP contribution < -0.4 is 5.32 Å². The molecule has 0 amide bonds. The van der Waals surface area contributed by atoms with E-state index < -0.39 is 0 Å². The van der Waals surface area contributed by atoms with Crippen LogP contribution in [0.3, 0.4) is 0 Å². The first-order chi connectivity index (χ1) is 11.3. The molecule has 0 atom stereocenters. The molecule has 0 spiro atoms. The Morgan fingerprint density at radius 3 is 1.79 bits per heavy atom. The van der Waals surface area contributed by atoms with Crippen molar-refractivity contribution in [3.05, 3.63) is 24.3 Å². The summed E-state index contributed by atoms with van der Waals surface area (Å²) in [6, 6.07) is 0. The highest BCUT2D eigenvalue weighted by atomic mass is 35.5. The molecule has 5 heteroatoms. The fourth-order valence-electron chi connectivity index (χ4n) is 2.69. The topological polar surface area (TPSA) is 33.7 Å². The molecule has 2 aliphatic heterocycles. The highest BCUT2D eigenvalue weighted by Crippen LogP contribution is 2.11. The first-order valence-corrected chi connectivity index (χ1v) is 9.11. The fourth-order valence-corrected chi connectivity index (χ4v) is 2.69. The highest BCUT2D eigenvalue weighted by Gasteiger charge is 2.15. The van der Waals surface area contributed by atoms with Gasteiger partial charge in [0.15, 0.2) is 0 Å². The van der Waals surface area contributed by atoms with Crippen molar-refractivity contribution in [3.63, 3.8) is 0 Å². The Hall–Kier alpha value is -0.390. The van der Waals surface area contributed by atoms with Gasteiger partial charge in [0.25, 0.3) is 0 Å². The molecule has 0 bridgehead atoms. The second-order valence-corrected chi connectivity index (χ2v) is 6.26. The highest BCUT2D eigenvalue weighted by molar-refractivity contribution is 5.85. The van der Waals surface area contributed by atoms with E-state index in [-0.39, 0.29) is 12.4 Å². The summed E-state index contributed by atoms with van der Waals surface area (Å²) in [5.41, 5.74) is 0. The Morgan fingerprint density at radius 2 is 1.33 bits per heavy atom. The molecule has 1 N–H and O–H groups in total. The minimum absolute atomic E-state index is 0. The van der Waals surface area contributed by atoms with E-state index in [0.717, 1.165) is 39.1 Å². The third-order valence-electron chi connectivity index (χ3n) is 4.28. The van der Waals surface area contributed by atoms with E-state index in [2.05, 4.69) is 29.4 Å². The summed E-state index contributed by atoms with van der Waals surface area (Å²) in [6.07, 6.45) is 13.9. The SMILES string of the molecule is C/C=C/COC1CCN(C)CC1.C/C=C/COC1CCNCC1.Cl. The summed E-state index contributed by atoms with van der Waals surface area (Å²) < 4.78 is 11.3. The Balaban J connectivity index is 0.000000425. The second-order valence-electron chi connectivity index (χ2n) is 6.26.